The second kappa shape index (κ2) is 4.67. The van der Waals surface area contributed by atoms with Gasteiger partial charge in [-0.05, 0) is 31.7 Å². The molecule has 4 atom stereocenters. The molecule has 3 rings (SSSR count). The third-order valence-electron chi connectivity index (χ3n) is 4.84. The summed E-state index contributed by atoms with van der Waals surface area (Å²) >= 11 is 0. The Kier molecular flexibility index (Phi) is 3.16. The number of nitrogens with zero attached hydrogens (tertiary/aromatic N) is 2. The van der Waals surface area contributed by atoms with Crippen LogP contribution >= 0.6 is 0 Å². The van der Waals surface area contributed by atoms with Gasteiger partial charge >= 0.3 is 0 Å². The van der Waals surface area contributed by atoms with Crippen molar-refractivity contribution in [2.24, 2.45) is 23.5 Å². The number of carbonyl (C=O) groups excluding carboxylic acids is 1. The van der Waals surface area contributed by atoms with E-state index in [-0.39, 0.29) is 12.0 Å². The molecule has 1 saturated carbocycles. The lowest BCUT2D eigenvalue weighted by atomic mass is 9.91. The Bertz CT molecular complexity index is 368. The number of amides is 1. The maximum atomic E-state index is 12.7. The topological polar surface area (TPSA) is 49.6 Å². The van der Waals surface area contributed by atoms with Gasteiger partial charge in [-0.1, -0.05) is 12.2 Å². The molecule has 0 radical (unpaired) electrons. The molecule has 4 unspecified atom stereocenters. The lowest BCUT2D eigenvalue weighted by Crippen LogP contribution is -2.58. The van der Waals surface area contributed by atoms with E-state index >= 15 is 0 Å². The first-order valence-corrected chi connectivity index (χ1v) is 7.06. The minimum absolute atomic E-state index is 0.208. The van der Waals surface area contributed by atoms with Gasteiger partial charge in [-0.15, -0.1) is 0 Å². The SMILES string of the molecule is CN1CCN(C(=O)C2CC3C=CC2C3)C(CN)C1. The summed E-state index contributed by atoms with van der Waals surface area (Å²) < 4.78 is 0. The van der Waals surface area contributed by atoms with E-state index in [9.17, 15) is 4.79 Å². The molecule has 0 aromatic carbocycles. The molecule has 100 valence electrons. The largest absolute Gasteiger partial charge is 0.336 e. The smallest absolute Gasteiger partial charge is 0.226 e. The van der Waals surface area contributed by atoms with Crippen LogP contribution in [-0.4, -0.2) is 55.0 Å². The van der Waals surface area contributed by atoms with Crippen LogP contribution in [0.1, 0.15) is 12.8 Å². The van der Waals surface area contributed by atoms with Crippen molar-refractivity contribution in [2.75, 3.05) is 33.2 Å². The molecule has 0 aromatic rings. The summed E-state index contributed by atoms with van der Waals surface area (Å²) in [5.41, 5.74) is 5.83. The molecule has 1 aliphatic heterocycles. The Morgan fingerprint density at radius 3 is 2.78 bits per heavy atom. The zero-order valence-electron chi connectivity index (χ0n) is 11.1. The van der Waals surface area contributed by atoms with Crippen molar-refractivity contribution in [1.29, 1.82) is 0 Å². The maximum Gasteiger partial charge on any atom is 0.226 e. The fourth-order valence-corrected chi connectivity index (χ4v) is 3.78. The van der Waals surface area contributed by atoms with E-state index in [4.69, 9.17) is 5.73 Å². The van der Waals surface area contributed by atoms with Crippen LogP contribution in [-0.2, 0) is 4.79 Å². The molecule has 0 aromatic heterocycles. The quantitative estimate of drug-likeness (QED) is 0.716. The third kappa shape index (κ3) is 1.97. The number of piperazine rings is 1. The van der Waals surface area contributed by atoms with E-state index in [0.717, 1.165) is 26.1 Å². The highest BCUT2D eigenvalue weighted by Gasteiger charge is 2.43. The zero-order valence-corrected chi connectivity index (χ0v) is 11.1. The molecule has 2 bridgehead atoms. The molecule has 1 amide bonds. The summed E-state index contributed by atoms with van der Waals surface area (Å²) in [4.78, 5) is 17.0. The highest BCUT2D eigenvalue weighted by Crippen LogP contribution is 2.44. The molecular formula is C14H23N3O. The van der Waals surface area contributed by atoms with Crippen LogP contribution in [0.15, 0.2) is 12.2 Å². The predicted molar refractivity (Wildman–Crippen MR) is 70.9 cm³/mol. The molecule has 1 saturated heterocycles. The van der Waals surface area contributed by atoms with E-state index in [1.54, 1.807) is 0 Å². The van der Waals surface area contributed by atoms with Gasteiger partial charge in [0.2, 0.25) is 5.91 Å². The van der Waals surface area contributed by atoms with Crippen molar-refractivity contribution in [1.82, 2.24) is 9.80 Å². The normalized spacial score (nSPS) is 39.6. The summed E-state index contributed by atoms with van der Waals surface area (Å²) in [5, 5.41) is 0. The van der Waals surface area contributed by atoms with Crippen LogP contribution < -0.4 is 5.73 Å². The molecule has 4 nitrogen and oxygen atoms in total. The first-order valence-electron chi connectivity index (χ1n) is 7.06. The Morgan fingerprint density at radius 2 is 2.17 bits per heavy atom. The monoisotopic (exact) mass is 249 g/mol. The fourth-order valence-electron chi connectivity index (χ4n) is 3.78. The summed E-state index contributed by atoms with van der Waals surface area (Å²) in [6.07, 6.45) is 6.80. The van der Waals surface area contributed by atoms with Crippen molar-refractivity contribution in [3.8, 4) is 0 Å². The minimum Gasteiger partial charge on any atom is -0.336 e. The Labute approximate surface area is 109 Å². The number of hydrogen-bond donors (Lipinski definition) is 1. The van der Waals surface area contributed by atoms with E-state index in [2.05, 4.69) is 29.0 Å². The standard InChI is InChI=1S/C14H23N3O/c1-16-4-5-17(12(8-15)9-16)14(18)13-7-10-2-3-11(13)6-10/h2-3,10-13H,4-9,15H2,1H3. The van der Waals surface area contributed by atoms with Gasteiger partial charge in [-0.25, -0.2) is 0 Å². The second-order valence-corrected chi connectivity index (χ2v) is 6.07. The van der Waals surface area contributed by atoms with Gasteiger partial charge in [-0.3, -0.25) is 4.79 Å². The molecule has 4 heteroatoms. The molecule has 18 heavy (non-hydrogen) atoms. The van der Waals surface area contributed by atoms with Crippen molar-refractivity contribution in [3.63, 3.8) is 0 Å². The molecule has 0 spiro atoms. The highest BCUT2D eigenvalue weighted by molar-refractivity contribution is 5.80. The van der Waals surface area contributed by atoms with Gasteiger partial charge in [0.15, 0.2) is 0 Å². The Balaban J connectivity index is 1.70. The summed E-state index contributed by atoms with van der Waals surface area (Å²) in [7, 11) is 2.10. The average Bonchev–Trinajstić information content (AvgIpc) is 3.00. The van der Waals surface area contributed by atoms with E-state index < -0.39 is 0 Å². The lowest BCUT2D eigenvalue weighted by Gasteiger charge is -2.41. The van der Waals surface area contributed by atoms with Crippen molar-refractivity contribution in [3.05, 3.63) is 12.2 Å². The average molecular weight is 249 g/mol. The van der Waals surface area contributed by atoms with Gasteiger partial charge in [0.05, 0.1) is 6.04 Å². The Hall–Kier alpha value is -0.870. The van der Waals surface area contributed by atoms with Crippen LogP contribution in [0.2, 0.25) is 0 Å². The van der Waals surface area contributed by atoms with Crippen molar-refractivity contribution in [2.45, 2.75) is 18.9 Å². The maximum absolute atomic E-state index is 12.7. The highest BCUT2D eigenvalue weighted by atomic mass is 16.2. The predicted octanol–water partition coefficient (Wildman–Crippen LogP) is 0.300. The zero-order chi connectivity index (χ0) is 12.7. The van der Waals surface area contributed by atoms with Crippen molar-refractivity contribution >= 4 is 5.91 Å². The van der Waals surface area contributed by atoms with Crippen LogP contribution in [0.5, 0.6) is 0 Å². The van der Waals surface area contributed by atoms with E-state index in [1.807, 2.05) is 0 Å². The van der Waals surface area contributed by atoms with Crippen LogP contribution in [0, 0.1) is 17.8 Å². The van der Waals surface area contributed by atoms with Gasteiger partial charge in [0.1, 0.15) is 0 Å². The second-order valence-electron chi connectivity index (χ2n) is 6.07. The van der Waals surface area contributed by atoms with Gasteiger partial charge in [0, 0.05) is 32.1 Å². The number of fused-ring (bicyclic) bond motifs is 2. The van der Waals surface area contributed by atoms with Gasteiger partial charge in [-0.2, -0.15) is 0 Å². The number of rotatable bonds is 2. The minimum atomic E-state index is 0.208. The first-order chi connectivity index (χ1) is 8.69. The number of likely N-dealkylation sites (N-methyl/N-ethyl adjacent to an activating group) is 1. The molecule has 2 fully saturated rings. The lowest BCUT2D eigenvalue weighted by molar-refractivity contribution is -0.140. The molecule has 2 N–H and O–H groups in total. The summed E-state index contributed by atoms with van der Waals surface area (Å²) in [6, 6.07) is 0.208. The number of hydrogen-bond acceptors (Lipinski definition) is 3. The number of allylic oxidation sites excluding steroid dienone is 2. The molecule has 1 heterocycles. The third-order valence-corrected chi connectivity index (χ3v) is 4.84. The van der Waals surface area contributed by atoms with E-state index in [1.165, 1.54) is 6.42 Å². The van der Waals surface area contributed by atoms with E-state index in [0.29, 0.717) is 24.3 Å². The summed E-state index contributed by atoms with van der Waals surface area (Å²) in [6.45, 7) is 3.30. The van der Waals surface area contributed by atoms with Gasteiger partial charge in [0.25, 0.3) is 0 Å². The first kappa shape index (κ1) is 12.2. The molecule has 2 aliphatic carbocycles. The van der Waals surface area contributed by atoms with Crippen LogP contribution in [0.4, 0.5) is 0 Å². The fraction of sp³-hybridized carbons (Fsp3) is 0.786. The Morgan fingerprint density at radius 1 is 1.33 bits per heavy atom. The van der Waals surface area contributed by atoms with Crippen LogP contribution in [0.25, 0.3) is 0 Å². The van der Waals surface area contributed by atoms with Crippen LogP contribution in [0.3, 0.4) is 0 Å². The number of nitrogens with two attached hydrogens (primary N) is 1. The van der Waals surface area contributed by atoms with Gasteiger partial charge < -0.3 is 15.5 Å². The van der Waals surface area contributed by atoms with Crippen molar-refractivity contribution < 1.29 is 4.79 Å². The summed E-state index contributed by atoms with van der Waals surface area (Å²) in [5.74, 6) is 1.75. The molecule has 3 aliphatic rings. The number of carbonyl (C=O) groups is 1. The molecular weight excluding hydrogens is 226 g/mol.